The van der Waals surface area contributed by atoms with Crippen LogP contribution in [0.5, 0.6) is 17.2 Å². The number of rotatable bonds is 1. The van der Waals surface area contributed by atoms with Crippen LogP contribution in [0.25, 0.3) is 0 Å². The summed E-state index contributed by atoms with van der Waals surface area (Å²) >= 11 is 0. The maximum absolute atomic E-state index is 10.7. The number of benzene rings is 1. The lowest BCUT2D eigenvalue weighted by atomic mass is 9.86. The average molecular weight is 250 g/mol. The molecule has 0 atom stereocenters. The number of fused-ring (bicyclic) bond motifs is 1. The van der Waals surface area contributed by atoms with Crippen molar-refractivity contribution in [1.29, 1.82) is 0 Å². The Hall–Kier alpha value is -2.17. The monoisotopic (exact) mass is 250 g/mol. The van der Waals surface area contributed by atoms with E-state index in [1.807, 2.05) is 20.8 Å². The van der Waals surface area contributed by atoms with Crippen LogP contribution < -0.4 is 9.47 Å². The predicted octanol–water partition coefficient (Wildman–Crippen LogP) is 2.39. The molecule has 0 spiro atoms. The summed E-state index contributed by atoms with van der Waals surface area (Å²) in [5, 5.41) is 18.7. The Balaban J connectivity index is 2.44. The predicted molar refractivity (Wildman–Crippen MR) is 63.8 cm³/mol. The van der Waals surface area contributed by atoms with Crippen molar-refractivity contribution in [3.8, 4) is 17.2 Å². The first-order valence-corrected chi connectivity index (χ1v) is 5.44. The molecule has 5 nitrogen and oxygen atoms in total. The van der Waals surface area contributed by atoms with E-state index in [2.05, 4.69) is 0 Å². The van der Waals surface area contributed by atoms with E-state index in [1.54, 1.807) is 6.07 Å². The van der Waals surface area contributed by atoms with Gasteiger partial charge in [0.05, 0.1) is 0 Å². The van der Waals surface area contributed by atoms with E-state index in [1.165, 1.54) is 6.07 Å². The Kier molecular flexibility index (Phi) is 2.69. The van der Waals surface area contributed by atoms with E-state index in [9.17, 15) is 9.90 Å². The molecule has 0 radical (unpaired) electrons. The number of carboxylic acids is 1. The Bertz CT molecular complexity index is 537. The van der Waals surface area contributed by atoms with E-state index in [4.69, 9.17) is 14.6 Å². The van der Waals surface area contributed by atoms with Crippen LogP contribution >= 0.6 is 0 Å². The molecule has 0 fully saturated rings. The van der Waals surface area contributed by atoms with Crippen molar-refractivity contribution in [2.75, 3.05) is 0 Å². The molecule has 0 aliphatic carbocycles. The normalized spacial score (nSPS) is 14.1. The van der Waals surface area contributed by atoms with Crippen molar-refractivity contribution < 1.29 is 24.5 Å². The summed E-state index contributed by atoms with van der Waals surface area (Å²) in [5.74, 6) is -0.898. The fourth-order valence-corrected chi connectivity index (χ4v) is 1.68. The molecule has 0 saturated carbocycles. The van der Waals surface area contributed by atoms with Gasteiger partial charge in [0.25, 0.3) is 0 Å². The van der Waals surface area contributed by atoms with Crippen molar-refractivity contribution in [2.24, 2.45) is 0 Å². The van der Waals surface area contributed by atoms with Crippen LogP contribution in [0.4, 0.5) is 0 Å². The van der Waals surface area contributed by atoms with Crippen molar-refractivity contribution in [3.63, 3.8) is 0 Å². The highest BCUT2D eigenvalue weighted by atomic mass is 16.6. The SMILES string of the molecule is CC(C)(C)c1cc2c(cc1O)OC(C(=O)O)=CO2. The smallest absolute Gasteiger partial charge is 0.375 e. The van der Waals surface area contributed by atoms with Crippen LogP contribution in [-0.4, -0.2) is 16.2 Å². The second-order valence-electron chi connectivity index (χ2n) is 5.07. The first kappa shape index (κ1) is 12.3. The Morgan fingerprint density at radius 3 is 2.44 bits per heavy atom. The molecule has 1 aromatic carbocycles. The first-order chi connectivity index (χ1) is 8.29. The van der Waals surface area contributed by atoms with Crippen LogP contribution in [-0.2, 0) is 10.2 Å². The lowest BCUT2D eigenvalue weighted by Gasteiger charge is -2.23. The van der Waals surface area contributed by atoms with Gasteiger partial charge in [-0.25, -0.2) is 4.79 Å². The zero-order valence-corrected chi connectivity index (χ0v) is 10.4. The van der Waals surface area contributed by atoms with E-state index < -0.39 is 5.97 Å². The zero-order chi connectivity index (χ0) is 13.5. The van der Waals surface area contributed by atoms with Crippen LogP contribution in [0.1, 0.15) is 26.3 Å². The zero-order valence-electron chi connectivity index (χ0n) is 10.4. The van der Waals surface area contributed by atoms with E-state index in [0.717, 1.165) is 6.26 Å². The third-order valence-corrected chi connectivity index (χ3v) is 2.59. The number of hydrogen-bond acceptors (Lipinski definition) is 4. The minimum absolute atomic E-state index is 0.0523. The number of aliphatic carboxylic acids is 1. The van der Waals surface area contributed by atoms with Gasteiger partial charge in [-0.05, 0) is 11.5 Å². The molecule has 2 rings (SSSR count). The largest absolute Gasteiger partial charge is 0.508 e. The molecule has 1 heterocycles. The molecule has 1 aliphatic heterocycles. The number of hydrogen-bond donors (Lipinski definition) is 2. The summed E-state index contributed by atoms with van der Waals surface area (Å²) in [5.41, 5.74) is 0.455. The number of carbonyl (C=O) groups is 1. The summed E-state index contributed by atoms with van der Waals surface area (Å²) in [6.07, 6.45) is 1.04. The fraction of sp³-hybridized carbons (Fsp3) is 0.308. The van der Waals surface area contributed by atoms with Gasteiger partial charge in [-0.3, -0.25) is 0 Å². The van der Waals surface area contributed by atoms with Gasteiger partial charge in [0.15, 0.2) is 11.5 Å². The van der Waals surface area contributed by atoms with Gasteiger partial charge < -0.3 is 19.7 Å². The van der Waals surface area contributed by atoms with Gasteiger partial charge in [0, 0.05) is 11.6 Å². The van der Waals surface area contributed by atoms with Crippen molar-refractivity contribution in [1.82, 2.24) is 0 Å². The van der Waals surface area contributed by atoms with Crippen molar-refractivity contribution >= 4 is 5.97 Å². The van der Waals surface area contributed by atoms with Crippen molar-refractivity contribution in [2.45, 2.75) is 26.2 Å². The molecule has 0 amide bonds. The molecule has 2 N–H and O–H groups in total. The second-order valence-corrected chi connectivity index (χ2v) is 5.07. The molecule has 1 aliphatic rings. The highest BCUT2D eigenvalue weighted by molar-refractivity contribution is 5.85. The van der Waals surface area contributed by atoms with E-state index >= 15 is 0 Å². The molecular weight excluding hydrogens is 236 g/mol. The number of carboxylic acid groups (broad SMARTS) is 1. The molecule has 5 heteroatoms. The van der Waals surface area contributed by atoms with Crippen LogP contribution in [0.2, 0.25) is 0 Å². The minimum Gasteiger partial charge on any atom is -0.508 e. The van der Waals surface area contributed by atoms with Crippen LogP contribution in [0.15, 0.2) is 24.2 Å². The Morgan fingerprint density at radius 1 is 1.22 bits per heavy atom. The van der Waals surface area contributed by atoms with Gasteiger partial charge in [-0.1, -0.05) is 20.8 Å². The highest BCUT2D eigenvalue weighted by Gasteiger charge is 2.25. The van der Waals surface area contributed by atoms with Crippen molar-refractivity contribution in [3.05, 3.63) is 29.7 Å². The van der Waals surface area contributed by atoms with Gasteiger partial charge in [-0.2, -0.15) is 0 Å². The molecule has 0 bridgehead atoms. The van der Waals surface area contributed by atoms with Gasteiger partial charge in [0.2, 0.25) is 5.76 Å². The van der Waals surface area contributed by atoms with Gasteiger partial charge >= 0.3 is 5.97 Å². The summed E-state index contributed by atoms with van der Waals surface area (Å²) in [4.78, 5) is 10.7. The van der Waals surface area contributed by atoms with Crippen LogP contribution in [0, 0.1) is 0 Å². The van der Waals surface area contributed by atoms with E-state index in [-0.39, 0.29) is 22.7 Å². The number of phenols is 1. The second kappa shape index (κ2) is 3.94. The van der Waals surface area contributed by atoms with Gasteiger partial charge in [-0.15, -0.1) is 0 Å². The standard InChI is InChI=1S/C13H14O5/c1-13(2,3)7-4-9-10(5-8(7)14)18-11(6-17-9)12(15)16/h4-6,14H,1-3H3,(H,15,16). The highest BCUT2D eigenvalue weighted by Crippen LogP contribution is 2.42. The number of aromatic hydroxyl groups is 1. The maximum atomic E-state index is 10.7. The maximum Gasteiger partial charge on any atom is 0.375 e. The van der Waals surface area contributed by atoms with E-state index in [0.29, 0.717) is 11.3 Å². The molecule has 1 aromatic rings. The molecular formula is C13H14O5. The Labute approximate surface area is 104 Å². The quantitative estimate of drug-likeness (QED) is 0.800. The molecule has 0 saturated heterocycles. The summed E-state index contributed by atoms with van der Waals surface area (Å²) in [6.45, 7) is 5.87. The summed E-state index contributed by atoms with van der Waals surface area (Å²) < 4.78 is 10.3. The molecule has 18 heavy (non-hydrogen) atoms. The summed E-state index contributed by atoms with van der Waals surface area (Å²) in [6, 6.07) is 3.02. The topological polar surface area (TPSA) is 76.0 Å². The lowest BCUT2D eigenvalue weighted by Crippen LogP contribution is -2.15. The third-order valence-electron chi connectivity index (χ3n) is 2.59. The lowest BCUT2D eigenvalue weighted by molar-refractivity contribution is -0.135. The molecule has 96 valence electrons. The third kappa shape index (κ3) is 2.11. The van der Waals surface area contributed by atoms with Crippen LogP contribution in [0.3, 0.4) is 0 Å². The average Bonchev–Trinajstić information content (AvgIpc) is 2.25. The fourth-order valence-electron chi connectivity index (χ4n) is 1.68. The molecule has 0 unspecified atom stereocenters. The number of ether oxygens (including phenoxy) is 2. The first-order valence-electron chi connectivity index (χ1n) is 5.44. The number of phenolic OH excluding ortho intramolecular Hbond substituents is 1. The minimum atomic E-state index is -1.22. The molecule has 0 aromatic heterocycles. The van der Waals surface area contributed by atoms with Gasteiger partial charge in [0.1, 0.15) is 12.0 Å². The Morgan fingerprint density at radius 2 is 1.89 bits per heavy atom. The summed E-state index contributed by atoms with van der Waals surface area (Å²) in [7, 11) is 0.